The maximum Gasteiger partial charge on any atom is 0.218 e. The van der Waals surface area contributed by atoms with Crippen molar-refractivity contribution in [2.24, 2.45) is 5.92 Å². The molecule has 1 fully saturated rings. The second-order valence-electron chi connectivity index (χ2n) is 5.46. The molecule has 1 rings (SSSR count). The Labute approximate surface area is 117 Å². The molecule has 1 aliphatic heterocycles. The third-order valence-electron chi connectivity index (χ3n) is 3.88. The lowest BCUT2D eigenvalue weighted by Gasteiger charge is -2.36. The highest BCUT2D eigenvalue weighted by atomic mass is 32.2. The first-order valence-corrected chi connectivity index (χ1v) is 8.66. The van der Waals surface area contributed by atoms with Gasteiger partial charge in [-0.15, -0.1) is 0 Å². The van der Waals surface area contributed by atoms with Crippen LogP contribution in [0.15, 0.2) is 0 Å². The second kappa shape index (κ2) is 7.57. The number of nitrogens with one attached hydrogen (secondary N) is 1. The second-order valence-corrected chi connectivity index (χ2v) is 7.81. The maximum atomic E-state index is 12.5. The molecule has 1 aliphatic rings. The maximum absolute atomic E-state index is 12.5. The number of ether oxygens (including phenoxy) is 1. The summed E-state index contributed by atoms with van der Waals surface area (Å²) in [5, 5.41) is 2.79. The van der Waals surface area contributed by atoms with Crippen molar-refractivity contribution in [2.45, 2.75) is 45.0 Å². The Kier molecular flexibility index (Phi) is 6.73. The summed E-state index contributed by atoms with van der Waals surface area (Å²) < 4.78 is 31.9. The molecule has 1 heterocycles. The van der Waals surface area contributed by atoms with Gasteiger partial charge in [0.05, 0.1) is 11.4 Å². The van der Waals surface area contributed by atoms with E-state index in [-0.39, 0.29) is 11.4 Å². The molecule has 0 bridgehead atoms. The van der Waals surface area contributed by atoms with Crippen molar-refractivity contribution >= 4 is 10.0 Å². The number of methoxy groups -OCH3 is 1. The first kappa shape index (κ1) is 16.9. The van der Waals surface area contributed by atoms with Gasteiger partial charge in [-0.3, -0.25) is 0 Å². The largest absolute Gasteiger partial charge is 0.380 e. The van der Waals surface area contributed by atoms with Gasteiger partial charge in [0.1, 0.15) is 0 Å². The normalized spacial score (nSPS) is 27.4. The van der Waals surface area contributed by atoms with E-state index in [2.05, 4.69) is 19.2 Å². The van der Waals surface area contributed by atoms with Gasteiger partial charge in [-0.05, 0) is 32.2 Å². The lowest BCUT2D eigenvalue weighted by atomic mass is 9.97. The minimum absolute atomic E-state index is 0.0133. The molecule has 0 radical (unpaired) electrons. The van der Waals surface area contributed by atoms with Gasteiger partial charge in [0, 0.05) is 26.7 Å². The van der Waals surface area contributed by atoms with Crippen molar-refractivity contribution in [1.82, 2.24) is 9.62 Å². The van der Waals surface area contributed by atoms with E-state index in [0.29, 0.717) is 25.6 Å². The molecule has 19 heavy (non-hydrogen) atoms. The Morgan fingerprint density at radius 1 is 1.47 bits per heavy atom. The fourth-order valence-electron chi connectivity index (χ4n) is 2.39. The predicted octanol–water partition coefficient (Wildman–Crippen LogP) is 1.06. The number of rotatable bonds is 7. The van der Waals surface area contributed by atoms with Crippen molar-refractivity contribution in [2.75, 3.05) is 33.3 Å². The Bertz CT molecular complexity index is 359. The quantitative estimate of drug-likeness (QED) is 0.713. The number of hydrogen-bond donors (Lipinski definition) is 1. The number of piperidine rings is 1. The standard InChI is InChI=1S/C13H28N2O3S/c1-5-7-14-9-12(3)19(16,17)15-8-6-11(2)13(10-15)18-4/h11-14H,5-10H2,1-4H3. The Morgan fingerprint density at radius 2 is 2.16 bits per heavy atom. The molecule has 0 aromatic carbocycles. The molecule has 0 aromatic rings. The molecule has 0 saturated carbocycles. The molecule has 3 unspecified atom stereocenters. The molecule has 3 atom stereocenters. The van der Waals surface area contributed by atoms with Crippen LogP contribution in [0.1, 0.15) is 33.6 Å². The van der Waals surface area contributed by atoms with E-state index in [9.17, 15) is 8.42 Å². The summed E-state index contributed by atoms with van der Waals surface area (Å²) in [5.74, 6) is 0.421. The van der Waals surface area contributed by atoms with E-state index in [4.69, 9.17) is 4.74 Å². The monoisotopic (exact) mass is 292 g/mol. The average molecular weight is 292 g/mol. The SMILES string of the molecule is CCCNCC(C)S(=O)(=O)N1CCC(C)C(OC)C1. The Hall–Kier alpha value is -0.170. The van der Waals surface area contributed by atoms with Gasteiger partial charge in [0.15, 0.2) is 0 Å². The molecular formula is C13H28N2O3S. The first-order chi connectivity index (χ1) is 8.93. The highest BCUT2D eigenvalue weighted by Crippen LogP contribution is 2.23. The first-order valence-electron chi connectivity index (χ1n) is 7.16. The predicted molar refractivity (Wildman–Crippen MR) is 77.7 cm³/mol. The van der Waals surface area contributed by atoms with E-state index in [1.807, 2.05) is 0 Å². The summed E-state index contributed by atoms with van der Waals surface area (Å²) in [6.45, 7) is 8.43. The van der Waals surface area contributed by atoms with E-state index in [1.165, 1.54) is 0 Å². The van der Waals surface area contributed by atoms with Crippen LogP contribution in [0.5, 0.6) is 0 Å². The third-order valence-corrected chi connectivity index (χ3v) is 6.12. The molecule has 114 valence electrons. The van der Waals surface area contributed by atoms with Crippen LogP contribution in [-0.2, 0) is 14.8 Å². The van der Waals surface area contributed by atoms with Crippen LogP contribution in [0.4, 0.5) is 0 Å². The Morgan fingerprint density at radius 3 is 2.74 bits per heavy atom. The molecular weight excluding hydrogens is 264 g/mol. The lowest BCUT2D eigenvalue weighted by molar-refractivity contribution is 0.0182. The highest BCUT2D eigenvalue weighted by molar-refractivity contribution is 7.89. The molecule has 1 N–H and O–H groups in total. The topological polar surface area (TPSA) is 58.6 Å². The summed E-state index contributed by atoms with van der Waals surface area (Å²) in [6, 6.07) is 0. The van der Waals surface area contributed by atoms with Gasteiger partial charge in [0.25, 0.3) is 0 Å². The van der Waals surface area contributed by atoms with Gasteiger partial charge >= 0.3 is 0 Å². The molecule has 6 heteroatoms. The average Bonchev–Trinajstić information content (AvgIpc) is 2.39. The van der Waals surface area contributed by atoms with E-state index in [0.717, 1.165) is 19.4 Å². The highest BCUT2D eigenvalue weighted by Gasteiger charge is 2.35. The van der Waals surface area contributed by atoms with Gasteiger partial charge in [-0.1, -0.05) is 13.8 Å². The van der Waals surface area contributed by atoms with Crippen LogP contribution in [0, 0.1) is 5.92 Å². The van der Waals surface area contributed by atoms with Crippen LogP contribution in [-0.4, -0.2) is 57.4 Å². The zero-order valence-corrected chi connectivity index (χ0v) is 13.4. The van der Waals surface area contributed by atoms with Crippen molar-refractivity contribution in [3.05, 3.63) is 0 Å². The van der Waals surface area contributed by atoms with Crippen LogP contribution in [0.2, 0.25) is 0 Å². The van der Waals surface area contributed by atoms with Crippen LogP contribution < -0.4 is 5.32 Å². The summed E-state index contributed by atoms with van der Waals surface area (Å²) >= 11 is 0. The summed E-state index contributed by atoms with van der Waals surface area (Å²) in [4.78, 5) is 0. The summed E-state index contributed by atoms with van der Waals surface area (Å²) in [7, 11) is -1.56. The lowest BCUT2D eigenvalue weighted by Crippen LogP contribution is -2.50. The van der Waals surface area contributed by atoms with Crippen molar-refractivity contribution in [3.8, 4) is 0 Å². The molecule has 0 amide bonds. The van der Waals surface area contributed by atoms with Gasteiger partial charge in [-0.2, -0.15) is 4.31 Å². The fourth-order valence-corrected chi connectivity index (χ4v) is 3.94. The zero-order chi connectivity index (χ0) is 14.5. The van der Waals surface area contributed by atoms with Gasteiger partial charge in [0.2, 0.25) is 10.0 Å². The molecule has 1 saturated heterocycles. The smallest absolute Gasteiger partial charge is 0.218 e. The Balaban J connectivity index is 2.61. The van der Waals surface area contributed by atoms with Crippen LogP contribution >= 0.6 is 0 Å². The molecule has 5 nitrogen and oxygen atoms in total. The van der Waals surface area contributed by atoms with E-state index in [1.54, 1.807) is 18.3 Å². The summed E-state index contributed by atoms with van der Waals surface area (Å²) in [5.41, 5.74) is 0. The third kappa shape index (κ3) is 4.41. The minimum Gasteiger partial charge on any atom is -0.380 e. The molecule has 0 aliphatic carbocycles. The number of sulfonamides is 1. The van der Waals surface area contributed by atoms with Crippen molar-refractivity contribution < 1.29 is 13.2 Å². The van der Waals surface area contributed by atoms with Crippen LogP contribution in [0.3, 0.4) is 0 Å². The van der Waals surface area contributed by atoms with E-state index < -0.39 is 10.0 Å². The van der Waals surface area contributed by atoms with Gasteiger partial charge in [-0.25, -0.2) is 8.42 Å². The minimum atomic E-state index is -3.22. The number of nitrogens with zero attached hydrogens (tertiary/aromatic N) is 1. The van der Waals surface area contributed by atoms with E-state index >= 15 is 0 Å². The van der Waals surface area contributed by atoms with Crippen molar-refractivity contribution in [1.29, 1.82) is 0 Å². The van der Waals surface area contributed by atoms with Crippen molar-refractivity contribution in [3.63, 3.8) is 0 Å². The zero-order valence-electron chi connectivity index (χ0n) is 12.6. The van der Waals surface area contributed by atoms with Crippen LogP contribution in [0.25, 0.3) is 0 Å². The number of hydrogen-bond acceptors (Lipinski definition) is 4. The van der Waals surface area contributed by atoms with Gasteiger partial charge < -0.3 is 10.1 Å². The summed E-state index contributed by atoms with van der Waals surface area (Å²) in [6.07, 6.45) is 1.89. The molecule has 0 spiro atoms. The molecule has 0 aromatic heterocycles. The fraction of sp³-hybridized carbons (Fsp3) is 1.00.